The van der Waals surface area contributed by atoms with Crippen molar-refractivity contribution in [3.8, 4) is 11.5 Å². The van der Waals surface area contributed by atoms with E-state index in [1.165, 1.54) is 6.92 Å². The van der Waals surface area contributed by atoms with Crippen LogP contribution in [0.5, 0.6) is 11.5 Å². The molecule has 5 nitrogen and oxygen atoms in total. The molecule has 1 N–H and O–H groups in total. The lowest BCUT2D eigenvalue weighted by atomic mass is 10.2. The number of fused-ring (bicyclic) bond motifs is 2. The van der Waals surface area contributed by atoms with Crippen molar-refractivity contribution < 1.29 is 14.6 Å². The van der Waals surface area contributed by atoms with Crippen molar-refractivity contribution >= 4 is 27.8 Å². The number of aromatic nitrogens is 2. The Morgan fingerprint density at radius 1 is 0.880 bits per heavy atom. The smallest absolute Gasteiger partial charge is 0.308 e. The Kier molecular flexibility index (Phi) is 4.85. The molecule has 0 aliphatic carbocycles. The predicted octanol–water partition coefficient (Wildman–Crippen LogP) is 4.10. The zero-order valence-corrected chi connectivity index (χ0v) is 13.6. The van der Waals surface area contributed by atoms with Gasteiger partial charge in [-0.3, -0.25) is 14.8 Å². The van der Waals surface area contributed by atoms with E-state index in [1.54, 1.807) is 42.7 Å². The summed E-state index contributed by atoms with van der Waals surface area (Å²) in [4.78, 5) is 19.0. The Bertz CT molecular complexity index is 1030. The monoisotopic (exact) mass is 332 g/mol. The van der Waals surface area contributed by atoms with Crippen LogP contribution in [-0.2, 0) is 4.79 Å². The van der Waals surface area contributed by atoms with Crippen LogP contribution in [0.2, 0.25) is 0 Å². The maximum absolute atomic E-state index is 10.7. The number of nitrogens with zero attached hydrogens (tertiary/aromatic N) is 2. The normalized spacial score (nSPS) is 10.1. The van der Waals surface area contributed by atoms with Gasteiger partial charge in [-0.15, -0.1) is 0 Å². The molecule has 0 saturated heterocycles. The zero-order chi connectivity index (χ0) is 17.6. The van der Waals surface area contributed by atoms with Crippen LogP contribution in [0.3, 0.4) is 0 Å². The summed E-state index contributed by atoms with van der Waals surface area (Å²) in [6.07, 6.45) is 3.47. The third kappa shape index (κ3) is 4.29. The average Bonchev–Trinajstić information content (AvgIpc) is 2.61. The molecule has 0 amide bonds. The fourth-order valence-electron chi connectivity index (χ4n) is 2.35. The Morgan fingerprint density at radius 2 is 1.48 bits per heavy atom. The minimum absolute atomic E-state index is 0.283. The number of hydrogen-bond acceptors (Lipinski definition) is 5. The van der Waals surface area contributed by atoms with Gasteiger partial charge in [0.1, 0.15) is 11.5 Å². The van der Waals surface area contributed by atoms with Gasteiger partial charge in [0.05, 0.1) is 11.0 Å². The molecule has 4 rings (SSSR count). The maximum Gasteiger partial charge on any atom is 0.308 e. The predicted molar refractivity (Wildman–Crippen MR) is 96.5 cm³/mol. The van der Waals surface area contributed by atoms with E-state index in [-0.39, 0.29) is 11.7 Å². The van der Waals surface area contributed by atoms with Gasteiger partial charge in [-0.2, -0.15) is 0 Å². The molecule has 0 unspecified atom stereocenters. The Morgan fingerprint density at radius 3 is 2.12 bits per heavy atom. The first-order valence-corrected chi connectivity index (χ1v) is 7.69. The molecule has 0 saturated carbocycles. The molecule has 2 aromatic carbocycles. The number of pyridine rings is 2. The van der Waals surface area contributed by atoms with Crippen molar-refractivity contribution in [1.82, 2.24) is 9.97 Å². The van der Waals surface area contributed by atoms with Crippen molar-refractivity contribution in [3.63, 3.8) is 0 Å². The van der Waals surface area contributed by atoms with Crippen molar-refractivity contribution in [3.05, 3.63) is 73.1 Å². The van der Waals surface area contributed by atoms with Crippen molar-refractivity contribution in [1.29, 1.82) is 0 Å². The standard InChI is InChI=1S/C11H9NO2.C9H7NO/c1-8(13)14-10-4-5-11-9(7-10)3-2-6-12-11;11-8-3-4-9-7(6-8)2-1-5-10-9/h2-7H,1H3;1-6,11H. The highest BCUT2D eigenvalue weighted by atomic mass is 16.5. The zero-order valence-electron chi connectivity index (χ0n) is 13.6. The van der Waals surface area contributed by atoms with E-state index >= 15 is 0 Å². The van der Waals surface area contributed by atoms with E-state index in [1.807, 2.05) is 30.3 Å². The molecule has 0 spiro atoms. The van der Waals surface area contributed by atoms with Gasteiger partial charge in [0.25, 0.3) is 0 Å². The van der Waals surface area contributed by atoms with Crippen LogP contribution in [0.15, 0.2) is 73.1 Å². The van der Waals surface area contributed by atoms with Gasteiger partial charge in [-0.05, 0) is 48.5 Å². The molecular weight excluding hydrogens is 316 g/mol. The number of phenolic OH excluding ortho intramolecular Hbond substituents is 1. The molecule has 0 aliphatic rings. The van der Waals surface area contributed by atoms with Crippen LogP contribution in [0, 0.1) is 0 Å². The Labute approximate surface area is 144 Å². The lowest BCUT2D eigenvalue weighted by Crippen LogP contribution is -2.00. The minimum atomic E-state index is -0.312. The Balaban J connectivity index is 0.000000150. The first kappa shape index (κ1) is 16.4. The molecule has 0 aliphatic heterocycles. The molecule has 5 heteroatoms. The van der Waals surface area contributed by atoms with Crippen LogP contribution in [0.1, 0.15) is 6.92 Å². The highest BCUT2D eigenvalue weighted by Gasteiger charge is 1.99. The highest BCUT2D eigenvalue weighted by Crippen LogP contribution is 2.19. The largest absolute Gasteiger partial charge is 0.508 e. The number of phenols is 1. The van der Waals surface area contributed by atoms with Gasteiger partial charge >= 0.3 is 5.97 Å². The third-order valence-corrected chi connectivity index (χ3v) is 3.42. The van der Waals surface area contributed by atoms with E-state index < -0.39 is 0 Å². The summed E-state index contributed by atoms with van der Waals surface area (Å²) in [6.45, 7) is 1.38. The van der Waals surface area contributed by atoms with Crippen LogP contribution in [0.4, 0.5) is 0 Å². The third-order valence-electron chi connectivity index (χ3n) is 3.42. The number of carbonyl (C=O) groups is 1. The van der Waals surface area contributed by atoms with Gasteiger partial charge in [-0.1, -0.05) is 12.1 Å². The molecule has 0 radical (unpaired) electrons. The first-order chi connectivity index (χ1) is 12.1. The highest BCUT2D eigenvalue weighted by molar-refractivity contribution is 5.81. The van der Waals surface area contributed by atoms with Gasteiger partial charge in [0.15, 0.2) is 0 Å². The van der Waals surface area contributed by atoms with E-state index in [2.05, 4.69) is 9.97 Å². The molecule has 0 fully saturated rings. The topological polar surface area (TPSA) is 72.3 Å². The van der Waals surface area contributed by atoms with Gasteiger partial charge in [-0.25, -0.2) is 0 Å². The number of benzene rings is 2. The van der Waals surface area contributed by atoms with Gasteiger partial charge in [0, 0.05) is 30.1 Å². The molecule has 0 atom stereocenters. The van der Waals surface area contributed by atoms with Crippen molar-refractivity contribution in [2.45, 2.75) is 6.92 Å². The Hall–Kier alpha value is -3.47. The minimum Gasteiger partial charge on any atom is -0.508 e. The lowest BCUT2D eigenvalue weighted by Gasteiger charge is -2.01. The second kappa shape index (κ2) is 7.40. The lowest BCUT2D eigenvalue weighted by molar-refractivity contribution is -0.131. The fraction of sp³-hybridized carbons (Fsp3) is 0.0500. The molecule has 124 valence electrons. The van der Waals surface area contributed by atoms with Crippen molar-refractivity contribution in [2.24, 2.45) is 0 Å². The van der Waals surface area contributed by atoms with E-state index in [9.17, 15) is 4.79 Å². The summed E-state index contributed by atoms with van der Waals surface area (Å²) in [7, 11) is 0. The molecule has 4 aromatic rings. The van der Waals surface area contributed by atoms with Crippen molar-refractivity contribution in [2.75, 3.05) is 0 Å². The molecule has 2 heterocycles. The van der Waals surface area contributed by atoms with Crippen LogP contribution in [0.25, 0.3) is 21.8 Å². The number of carbonyl (C=O) groups excluding carboxylic acids is 1. The van der Waals surface area contributed by atoms with E-state index in [4.69, 9.17) is 9.84 Å². The summed E-state index contributed by atoms with van der Waals surface area (Å²) in [5, 5.41) is 11.0. The van der Waals surface area contributed by atoms with Gasteiger partial charge in [0.2, 0.25) is 0 Å². The molecule has 2 aromatic heterocycles. The number of ether oxygens (including phenoxy) is 1. The fourth-order valence-corrected chi connectivity index (χ4v) is 2.35. The van der Waals surface area contributed by atoms with Gasteiger partial charge < -0.3 is 9.84 Å². The molecule has 0 bridgehead atoms. The maximum atomic E-state index is 10.7. The summed E-state index contributed by atoms with van der Waals surface area (Å²) >= 11 is 0. The van der Waals surface area contributed by atoms with Crippen LogP contribution >= 0.6 is 0 Å². The average molecular weight is 332 g/mol. The van der Waals surface area contributed by atoms with Crippen LogP contribution < -0.4 is 4.74 Å². The molecular formula is C20H16N2O3. The van der Waals surface area contributed by atoms with E-state index in [0.29, 0.717) is 5.75 Å². The number of hydrogen-bond donors (Lipinski definition) is 1. The summed E-state index contributed by atoms with van der Waals surface area (Å²) < 4.78 is 4.96. The first-order valence-electron chi connectivity index (χ1n) is 7.69. The summed E-state index contributed by atoms with van der Waals surface area (Å²) in [5.41, 5.74) is 1.80. The van der Waals surface area contributed by atoms with E-state index in [0.717, 1.165) is 21.8 Å². The van der Waals surface area contributed by atoms with Crippen LogP contribution in [-0.4, -0.2) is 21.0 Å². The second-order valence-corrected chi connectivity index (χ2v) is 5.33. The molecule has 25 heavy (non-hydrogen) atoms. The number of rotatable bonds is 1. The number of aromatic hydroxyl groups is 1. The summed E-state index contributed by atoms with van der Waals surface area (Å²) in [6, 6.07) is 18.0. The SMILES string of the molecule is CC(=O)Oc1ccc2ncccc2c1.Oc1ccc2ncccc2c1. The quantitative estimate of drug-likeness (QED) is 0.420. The number of esters is 1. The summed E-state index contributed by atoms with van der Waals surface area (Å²) in [5.74, 6) is 0.525. The second-order valence-electron chi connectivity index (χ2n) is 5.33.